The highest BCUT2D eigenvalue weighted by Gasteiger charge is 2.14. The van der Waals surface area contributed by atoms with Crippen LogP contribution in [0, 0.1) is 4.91 Å². The summed E-state index contributed by atoms with van der Waals surface area (Å²) in [5, 5.41) is 21.2. The number of benzene rings is 1. The molecule has 0 saturated carbocycles. The Morgan fingerprint density at radius 2 is 1.93 bits per heavy atom. The van der Waals surface area contributed by atoms with Crippen molar-refractivity contribution in [1.29, 1.82) is 0 Å². The molecular weight excluding hydrogens is 198 g/mol. The van der Waals surface area contributed by atoms with Gasteiger partial charge in [0, 0.05) is 6.42 Å². The van der Waals surface area contributed by atoms with Crippen LogP contribution >= 0.6 is 0 Å². The molecule has 0 radical (unpaired) electrons. The normalized spacial score (nSPS) is 14.3. The quantitative estimate of drug-likeness (QED) is 0.546. The van der Waals surface area contributed by atoms with E-state index in [0.717, 1.165) is 5.56 Å². The maximum atomic E-state index is 9.67. The number of rotatable bonds is 6. The summed E-state index contributed by atoms with van der Waals surface area (Å²) < 4.78 is 0. The van der Waals surface area contributed by atoms with E-state index in [4.69, 9.17) is 0 Å². The molecule has 0 fully saturated rings. The topological polar surface area (TPSA) is 79.1 Å². The Morgan fingerprint density at radius 1 is 1.27 bits per heavy atom. The predicted molar refractivity (Wildman–Crippen MR) is 53.8 cm³/mol. The summed E-state index contributed by atoms with van der Waals surface area (Å²) in [5.41, 5.74) is 0.718. The first-order valence-electron chi connectivity index (χ1n) is 4.59. The van der Waals surface area contributed by atoms with Crippen LogP contribution in [0.2, 0.25) is 0 Å². The van der Waals surface area contributed by atoms with Crippen molar-refractivity contribution in [2.75, 3.05) is 6.61 Å². The Hall–Kier alpha value is -1.46. The summed E-state index contributed by atoms with van der Waals surface area (Å²) in [7, 11) is 0. The van der Waals surface area contributed by atoms with Gasteiger partial charge >= 0.3 is 0 Å². The molecule has 2 unspecified atom stereocenters. The summed E-state index contributed by atoms with van der Waals surface area (Å²) in [4.78, 5) is 13.8. The van der Waals surface area contributed by atoms with Crippen molar-refractivity contribution < 1.29 is 15.1 Å². The second kappa shape index (κ2) is 6.10. The van der Waals surface area contributed by atoms with Gasteiger partial charge in [-0.1, -0.05) is 30.3 Å². The number of hydrogen-bond donors (Lipinski definition) is 2. The summed E-state index contributed by atoms with van der Waals surface area (Å²) in [6.07, 6.45) is -1.56. The maximum absolute atomic E-state index is 9.67. The third-order valence-corrected chi connectivity index (χ3v) is 2.00. The zero-order valence-electron chi connectivity index (χ0n) is 8.11. The van der Waals surface area contributed by atoms with Crippen LogP contribution in [-0.2, 0) is 4.84 Å². The van der Waals surface area contributed by atoms with Crippen LogP contribution in [0.25, 0.3) is 0 Å². The van der Waals surface area contributed by atoms with Gasteiger partial charge in [0.2, 0.25) is 0 Å². The van der Waals surface area contributed by atoms with E-state index >= 15 is 0 Å². The van der Waals surface area contributed by atoms with Gasteiger partial charge in [-0.2, -0.15) is 0 Å². The van der Waals surface area contributed by atoms with Gasteiger partial charge in [0.25, 0.3) is 0 Å². The summed E-state index contributed by atoms with van der Waals surface area (Å²) in [6.45, 7) is -0.201. The summed E-state index contributed by atoms with van der Waals surface area (Å²) >= 11 is 0. The van der Waals surface area contributed by atoms with Gasteiger partial charge in [0.15, 0.2) is 5.34 Å². The third kappa shape index (κ3) is 4.05. The minimum Gasteiger partial charge on any atom is -0.389 e. The van der Waals surface area contributed by atoms with Gasteiger partial charge in [0.05, 0.1) is 12.2 Å². The van der Waals surface area contributed by atoms with E-state index in [-0.39, 0.29) is 13.0 Å². The molecule has 1 aromatic carbocycles. The van der Waals surface area contributed by atoms with Crippen molar-refractivity contribution in [3.05, 3.63) is 40.8 Å². The molecule has 0 aliphatic carbocycles. The Kier molecular flexibility index (Phi) is 4.73. The molecule has 0 aliphatic rings. The highest BCUT2D eigenvalue weighted by atomic mass is 16.7. The standard InChI is InChI=1S/C10H13NO4/c12-9(7-15-11-14)6-10(13)8-4-2-1-3-5-8/h1-5,9-10,12-13H,6-7H2. The van der Waals surface area contributed by atoms with Crippen LogP contribution in [0.3, 0.4) is 0 Å². The predicted octanol–water partition coefficient (Wildman–Crippen LogP) is 1.17. The van der Waals surface area contributed by atoms with Gasteiger partial charge in [-0.25, -0.2) is 0 Å². The van der Waals surface area contributed by atoms with Crippen LogP contribution < -0.4 is 0 Å². The summed E-state index contributed by atoms with van der Waals surface area (Å²) in [5.74, 6) is 0. The average Bonchev–Trinajstić information content (AvgIpc) is 2.27. The molecule has 5 nitrogen and oxygen atoms in total. The number of aliphatic hydroxyl groups is 2. The fourth-order valence-corrected chi connectivity index (χ4v) is 1.25. The molecule has 82 valence electrons. The molecule has 0 heterocycles. The molecular formula is C10H13NO4. The van der Waals surface area contributed by atoms with Crippen LogP contribution in [-0.4, -0.2) is 22.9 Å². The lowest BCUT2D eigenvalue weighted by atomic mass is 10.0. The minimum atomic E-state index is -0.905. The van der Waals surface area contributed by atoms with E-state index in [1.165, 1.54) is 0 Å². The van der Waals surface area contributed by atoms with Crippen LogP contribution in [0.1, 0.15) is 18.1 Å². The molecule has 0 aliphatic heterocycles. The molecule has 0 aromatic heterocycles. The number of aliphatic hydroxyl groups excluding tert-OH is 2. The fourth-order valence-electron chi connectivity index (χ4n) is 1.25. The van der Waals surface area contributed by atoms with Crippen molar-refractivity contribution in [2.45, 2.75) is 18.6 Å². The Bertz CT molecular complexity index is 291. The van der Waals surface area contributed by atoms with Gasteiger partial charge < -0.3 is 15.1 Å². The third-order valence-electron chi connectivity index (χ3n) is 2.00. The first kappa shape index (κ1) is 11.6. The molecule has 0 amide bonds. The van der Waals surface area contributed by atoms with E-state index in [1.807, 2.05) is 6.07 Å². The van der Waals surface area contributed by atoms with Crippen molar-refractivity contribution in [1.82, 2.24) is 0 Å². The zero-order chi connectivity index (χ0) is 11.1. The zero-order valence-corrected chi connectivity index (χ0v) is 8.11. The second-order valence-corrected chi connectivity index (χ2v) is 3.19. The van der Waals surface area contributed by atoms with Gasteiger partial charge in [0.1, 0.15) is 6.61 Å². The van der Waals surface area contributed by atoms with Gasteiger partial charge in [-0.3, -0.25) is 0 Å². The van der Waals surface area contributed by atoms with Gasteiger partial charge in [-0.15, -0.1) is 4.91 Å². The van der Waals surface area contributed by atoms with Gasteiger partial charge in [-0.05, 0) is 5.56 Å². The van der Waals surface area contributed by atoms with Crippen LogP contribution in [0.15, 0.2) is 35.7 Å². The Labute approximate surface area is 87.2 Å². The fraction of sp³-hybridized carbons (Fsp3) is 0.400. The van der Waals surface area contributed by atoms with E-state index in [2.05, 4.69) is 10.2 Å². The van der Waals surface area contributed by atoms with E-state index in [0.29, 0.717) is 0 Å². The van der Waals surface area contributed by atoms with Crippen molar-refractivity contribution in [3.8, 4) is 0 Å². The molecule has 5 heteroatoms. The molecule has 0 spiro atoms. The molecule has 0 bridgehead atoms. The van der Waals surface area contributed by atoms with E-state index in [1.54, 1.807) is 24.3 Å². The Balaban J connectivity index is 2.41. The summed E-state index contributed by atoms with van der Waals surface area (Å²) in [6, 6.07) is 8.96. The Morgan fingerprint density at radius 3 is 2.53 bits per heavy atom. The molecule has 2 atom stereocenters. The molecule has 1 aromatic rings. The number of nitrogens with zero attached hydrogens (tertiary/aromatic N) is 1. The monoisotopic (exact) mass is 211 g/mol. The first-order valence-corrected chi connectivity index (χ1v) is 4.59. The molecule has 2 N–H and O–H groups in total. The van der Waals surface area contributed by atoms with Crippen LogP contribution in [0.5, 0.6) is 0 Å². The highest BCUT2D eigenvalue weighted by Crippen LogP contribution is 2.17. The number of hydrogen-bond acceptors (Lipinski definition) is 5. The lowest BCUT2D eigenvalue weighted by Gasteiger charge is -2.14. The van der Waals surface area contributed by atoms with Crippen molar-refractivity contribution >= 4 is 0 Å². The van der Waals surface area contributed by atoms with Crippen molar-refractivity contribution in [3.63, 3.8) is 0 Å². The smallest absolute Gasteiger partial charge is 0.155 e. The van der Waals surface area contributed by atoms with Crippen molar-refractivity contribution in [2.24, 2.45) is 5.34 Å². The average molecular weight is 211 g/mol. The molecule has 15 heavy (non-hydrogen) atoms. The molecule has 1 rings (SSSR count). The van der Waals surface area contributed by atoms with E-state index in [9.17, 15) is 15.1 Å². The second-order valence-electron chi connectivity index (χ2n) is 3.19. The molecule has 0 saturated heterocycles. The SMILES string of the molecule is O=NOCC(O)CC(O)c1ccccc1. The maximum Gasteiger partial charge on any atom is 0.155 e. The lowest BCUT2D eigenvalue weighted by Crippen LogP contribution is -2.17. The minimum absolute atomic E-state index is 0.111. The first-order chi connectivity index (χ1) is 7.24. The van der Waals surface area contributed by atoms with E-state index < -0.39 is 12.2 Å². The van der Waals surface area contributed by atoms with Crippen LogP contribution in [0.4, 0.5) is 0 Å². The largest absolute Gasteiger partial charge is 0.389 e. The highest BCUT2D eigenvalue weighted by molar-refractivity contribution is 5.17. The lowest BCUT2D eigenvalue weighted by molar-refractivity contribution is 0.00693.